The maximum atomic E-state index is 12.1. The van der Waals surface area contributed by atoms with Crippen molar-refractivity contribution >= 4 is 40.5 Å². The Morgan fingerprint density at radius 1 is 1.19 bits per heavy atom. The average Bonchev–Trinajstić information content (AvgIpc) is 2.42. The first-order valence-electron chi connectivity index (χ1n) is 5.90. The third-order valence-corrected chi connectivity index (χ3v) is 3.40. The Balaban J connectivity index is 2.26. The van der Waals surface area contributed by atoms with Gasteiger partial charge in [-0.15, -0.1) is 0 Å². The maximum absolute atomic E-state index is 12.1. The number of nitro benzene ring substituents is 1. The van der Waals surface area contributed by atoms with E-state index in [2.05, 4.69) is 5.32 Å². The minimum absolute atomic E-state index is 0.0349. The zero-order chi connectivity index (χ0) is 15.6. The van der Waals surface area contributed by atoms with Gasteiger partial charge in [-0.1, -0.05) is 23.2 Å². The second-order valence-corrected chi connectivity index (χ2v) is 5.18. The van der Waals surface area contributed by atoms with Crippen molar-refractivity contribution in [2.45, 2.75) is 6.92 Å². The van der Waals surface area contributed by atoms with Crippen LogP contribution in [0.1, 0.15) is 15.9 Å². The van der Waals surface area contributed by atoms with E-state index in [-0.39, 0.29) is 5.69 Å². The molecular formula is C14H10Cl2N2O3. The number of benzene rings is 2. The van der Waals surface area contributed by atoms with Crippen LogP contribution in [0.25, 0.3) is 0 Å². The van der Waals surface area contributed by atoms with Gasteiger partial charge in [-0.05, 0) is 37.3 Å². The van der Waals surface area contributed by atoms with Crippen LogP contribution in [-0.4, -0.2) is 10.8 Å². The van der Waals surface area contributed by atoms with Crippen molar-refractivity contribution in [3.8, 4) is 0 Å². The molecule has 0 heterocycles. The van der Waals surface area contributed by atoms with Gasteiger partial charge in [0.25, 0.3) is 11.6 Å². The molecule has 2 aromatic carbocycles. The fourth-order valence-corrected chi connectivity index (χ4v) is 2.13. The van der Waals surface area contributed by atoms with Crippen LogP contribution in [0.4, 0.5) is 11.4 Å². The van der Waals surface area contributed by atoms with Gasteiger partial charge >= 0.3 is 0 Å². The van der Waals surface area contributed by atoms with Crippen molar-refractivity contribution in [2.24, 2.45) is 0 Å². The first-order valence-corrected chi connectivity index (χ1v) is 6.65. The highest BCUT2D eigenvalue weighted by atomic mass is 35.5. The molecule has 0 atom stereocenters. The van der Waals surface area contributed by atoms with E-state index >= 15 is 0 Å². The monoisotopic (exact) mass is 324 g/mol. The van der Waals surface area contributed by atoms with Gasteiger partial charge in [-0.25, -0.2) is 0 Å². The van der Waals surface area contributed by atoms with Gasteiger partial charge in [0.05, 0.1) is 15.6 Å². The summed E-state index contributed by atoms with van der Waals surface area (Å²) in [6.07, 6.45) is 0. The van der Waals surface area contributed by atoms with Crippen LogP contribution in [0.5, 0.6) is 0 Å². The molecule has 7 heteroatoms. The number of halogens is 2. The zero-order valence-electron chi connectivity index (χ0n) is 10.9. The van der Waals surface area contributed by atoms with E-state index in [1.807, 2.05) is 0 Å². The van der Waals surface area contributed by atoms with Gasteiger partial charge in [-0.2, -0.15) is 0 Å². The minimum Gasteiger partial charge on any atom is -0.321 e. The smallest absolute Gasteiger partial charge is 0.272 e. The molecule has 0 aromatic heterocycles. The van der Waals surface area contributed by atoms with Gasteiger partial charge in [0.1, 0.15) is 0 Å². The lowest BCUT2D eigenvalue weighted by Crippen LogP contribution is -2.12. The van der Waals surface area contributed by atoms with Crippen LogP contribution >= 0.6 is 23.2 Å². The van der Waals surface area contributed by atoms with Crippen LogP contribution in [0.15, 0.2) is 36.4 Å². The normalized spacial score (nSPS) is 10.2. The number of aryl methyl sites for hydroxylation is 1. The van der Waals surface area contributed by atoms with E-state index in [0.717, 1.165) is 0 Å². The van der Waals surface area contributed by atoms with E-state index in [0.29, 0.717) is 26.9 Å². The second kappa shape index (κ2) is 6.11. The summed E-state index contributed by atoms with van der Waals surface area (Å²) in [5, 5.41) is 14.2. The highest BCUT2D eigenvalue weighted by Crippen LogP contribution is 2.26. The fraction of sp³-hybridized carbons (Fsp3) is 0.0714. The summed E-state index contributed by atoms with van der Waals surface area (Å²) in [6, 6.07) is 8.84. The van der Waals surface area contributed by atoms with Crippen LogP contribution in [0.3, 0.4) is 0 Å². The quantitative estimate of drug-likeness (QED) is 0.669. The summed E-state index contributed by atoms with van der Waals surface area (Å²) in [4.78, 5) is 22.4. The number of carbonyl (C=O) groups is 1. The van der Waals surface area contributed by atoms with Gasteiger partial charge < -0.3 is 5.32 Å². The van der Waals surface area contributed by atoms with Crippen molar-refractivity contribution < 1.29 is 9.72 Å². The molecule has 0 radical (unpaired) electrons. The number of rotatable bonds is 3. The van der Waals surface area contributed by atoms with Crippen molar-refractivity contribution in [3.05, 3.63) is 67.7 Å². The summed E-state index contributed by atoms with van der Waals surface area (Å²) < 4.78 is 0. The lowest BCUT2D eigenvalue weighted by molar-refractivity contribution is -0.385. The molecule has 2 rings (SSSR count). The molecule has 0 saturated heterocycles. The third-order valence-electron chi connectivity index (χ3n) is 2.83. The number of amides is 1. The predicted octanol–water partition coefficient (Wildman–Crippen LogP) is 4.46. The summed E-state index contributed by atoms with van der Waals surface area (Å²) >= 11 is 11.8. The molecule has 108 valence electrons. The number of nitro groups is 1. The Morgan fingerprint density at radius 2 is 1.90 bits per heavy atom. The largest absolute Gasteiger partial charge is 0.321 e. The molecule has 0 bridgehead atoms. The fourth-order valence-electron chi connectivity index (χ4n) is 1.79. The van der Waals surface area contributed by atoms with Gasteiger partial charge in [0.15, 0.2) is 0 Å². The molecule has 2 aromatic rings. The SMILES string of the molecule is Cc1cc(C(=O)Nc2cc(Cl)ccc2Cl)ccc1[N+](=O)[O-]. The highest BCUT2D eigenvalue weighted by Gasteiger charge is 2.14. The standard InChI is InChI=1S/C14H10Cl2N2O3/c1-8-6-9(2-5-13(8)18(20)21)14(19)17-12-7-10(15)3-4-11(12)16/h2-7H,1H3,(H,17,19). The Labute approximate surface area is 130 Å². The van der Waals surface area contributed by atoms with Gasteiger partial charge in [0.2, 0.25) is 0 Å². The topological polar surface area (TPSA) is 72.2 Å². The molecule has 0 aliphatic rings. The van der Waals surface area contributed by atoms with Gasteiger partial charge in [0, 0.05) is 22.2 Å². The molecule has 0 spiro atoms. The molecule has 21 heavy (non-hydrogen) atoms. The molecular weight excluding hydrogens is 315 g/mol. The second-order valence-electron chi connectivity index (χ2n) is 4.34. The highest BCUT2D eigenvalue weighted by molar-refractivity contribution is 6.35. The molecule has 0 fully saturated rings. The first-order chi connectivity index (χ1) is 9.88. The summed E-state index contributed by atoms with van der Waals surface area (Å²) in [6.45, 7) is 1.57. The average molecular weight is 325 g/mol. The lowest BCUT2D eigenvalue weighted by Gasteiger charge is -2.08. The Bertz CT molecular complexity index is 732. The van der Waals surface area contributed by atoms with E-state index in [9.17, 15) is 14.9 Å². The number of hydrogen-bond donors (Lipinski definition) is 1. The van der Waals surface area contributed by atoms with E-state index in [1.165, 1.54) is 24.3 Å². The van der Waals surface area contributed by atoms with Gasteiger partial charge in [-0.3, -0.25) is 14.9 Å². The Kier molecular flexibility index (Phi) is 4.45. The lowest BCUT2D eigenvalue weighted by atomic mass is 10.1. The van der Waals surface area contributed by atoms with Crippen LogP contribution in [0, 0.1) is 17.0 Å². The summed E-state index contributed by atoms with van der Waals surface area (Å²) in [5.41, 5.74) is 1.05. The predicted molar refractivity (Wildman–Crippen MR) is 82.2 cm³/mol. The van der Waals surface area contributed by atoms with Crippen molar-refractivity contribution in [2.75, 3.05) is 5.32 Å². The molecule has 1 amide bonds. The summed E-state index contributed by atoms with van der Waals surface area (Å²) in [7, 11) is 0. The Hall–Kier alpha value is -2.11. The molecule has 0 unspecified atom stereocenters. The molecule has 0 saturated carbocycles. The maximum Gasteiger partial charge on any atom is 0.272 e. The van der Waals surface area contributed by atoms with Crippen LogP contribution < -0.4 is 5.32 Å². The summed E-state index contributed by atoms with van der Waals surface area (Å²) in [5.74, 6) is -0.419. The molecule has 5 nitrogen and oxygen atoms in total. The molecule has 1 N–H and O–H groups in total. The van der Waals surface area contributed by atoms with E-state index in [4.69, 9.17) is 23.2 Å². The first kappa shape index (κ1) is 15.3. The number of nitrogens with one attached hydrogen (secondary N) is 1. The van der Waals surface area contributed by atoms with Crippen molar-refractivity contribution in [1.29, 1.82) is 0 Å². The zero-order valence-corrected chi connectivity index (χ0v) is 12.4. The third kappa shape index (κ3) is 3.51. The number of hydrogen-bond acceptors (Lipinski definition) is 3. The molecule has 0 aliphatic carbocycles. The van der Waals surface area contributed by atoms with Crippen molar-refractivity contribution in [1.82, 2.24) is 0 Å². The Morgan fingerprint density at radius 3 is 2.52 bits per heavy atom. The molecule has 0 aliphatic heterocycles. The number of anilines is 1. The van der Waals surface area contributed by atoms with Crippen LogP contribution in [0.2, 0.25) is 10.0 Å². The van der Waals surface area contributed by atoms with Crippen molar-refractivity contribution in [3.63, 3.8) is 0 Å². The van der Waals surface area contributed by atoms with E-state index < -0.39 is 10.8 Å². The van der Waals surface area contributed by atoms with Crippen LogP contribution in [-0.2, 0) is 0 Å². The van der Waals surface area contributed by atoms with E-state index in [1.54, 1.807) is 19.1 Å². The minimum atomic E-state index is -0.495. The number of nitrogens with zero attached hydrogens (tertiary/aromatic N) is 1. The number of carbonyl (C=O) groups excluding carboxylic acids is 1.